The molecule has 0 aromatic heterocycles. The van der Waals surface area contributed by atoms with Crippen molar-refractivity contribution in [2.45, 2.75) is 46.6 Å². The maximum atomic E-state index is 12.2. The molecule has 0 heterocycles. The first kappa shape index (κ1) is 20.4. The van der Waals surface area contributed by atoms with E-state index in [4.69, 9.17) is 4.74 Å². The van der Waals surface area contributed by atoms with Crippen molar-refractivity contribution in [1.82, 2.24) is 0 Å². The number of benzene rings is 2. The Morgan fingerprint density at radius 1 is 0.963 bits per heavy atom. The SMILES string of the molecule is Cc1cccc(NC(=O)C(C)OC(=O)CCC(=O)c2ccc(C)c(C)c2)c1. The average Bonchev–Trinajstić information content (AvgIpc) is 2.62. The van der Waals surface area contributed by atoms with Crippen molar-refractivity contribution in [2.24, 2.45) is 0 Å². The molecule has 1 amide bonds. The van der Waals surface area contributed by atoms with Gasteiger partial charge in [-0.25, -0.2) is 0 Å². The lowest BCUT2D eigenvalue weighted by Gasteiger charge is -2.14. The molecule has 1 N–H and O–H groups in total. The molecule has 1 unspecified atom stereocenters. The van der Waals surface area contributed by atoms with E-state index >= 15 is 0 Å². The Balaban J connectivity index is 1.82. The second-order valence-corrected chi connectivity index (χ2v) is 6.71. The van der Waals surface area contributed by atoms with Crippen LogP contribution in [0.1, 0.15) is 46.8 Å². The van der Waals surface area contributed by atoms with Crippen molar-refractivity contribution in [2.75, 3.05) is 5.32 Å². The Labute approximate surface area is 159 Å². The van der Waals surface area contributed by atoms with E-state index in [-0.39, 0.29) is 18.6 Å². The fraction of sp³-hybridized carbons (Fsp3) is 0.318. The maximum Gasteiger partial charge on any atom is 0.307 e. The molecule has 2 rings (SSSR count). The zero-order valence-corrected chi connectivity index (χ0v) is 16.2. The molecule has 5 heteroatoms. The highest BCUT2D eigenvalue weighted by Crippen LogP contribution is 2.14. The normalized spacial score (nSPS) is 11.6. The van der Waals surface area contributed by atoms with Crippen LogP contribution in [0.15, 0.2) is 42.5 Å². The second kappa shape index (κ2) is 9.12. The Morgan fingerprint density at radius 3 is 2.37 bits per heavy atom. The molecule has 2 aromatic carbocycles. The van der Waals surface area contributed by atoms with Crippen LogP contribution in [0, 0.1) is 20.8 Å². The fourth-order valence-corrected chi connectivity index (χ4v) is 2.55. The molecule has 0 radical (unpaired) electrons. The molecule has 0 saturated heterocycles. The van der Waals surface area contributed by atoms with E-state index in [0.717, 1.165) is 16.7 Å². The van der Waals surface area contributed by atoms with E-state index in [0.29, 0.717) is 11.3 Å². The van der Waals surface area contributed by atoms with Crippen LogP contribution in [-0.2, 0) is 14.3 Å². The van der Waals surface area contributed by atoms with Gasteiger partial charge in [-0.2, -0.15) is 0 Å². The first-order valence-corrected chi connectivity index (χ1v) is 8.93. The summed E-state index contributed by atoms with van der Waals surface area (Å²) in [5.74, 6) is -1.10. The van der Waals surface area contributed by atoms with Gasteiger partial charge in [0.05, 0.1) is 6.42 Å². The fourth-order valence-electron chi connectivity index (χ4n) is 2.55. The Morgan fingerprint density at radius 2 is 1.70 bits per heavy atom. The molecule has 0 spiro atoms. The summed E-state index contributed by atoms with van der Waals surface area (Å²) >= 11 is 0. The van der Waals surface area contributed by atoms with Crippen molar-refractivity contribution in [1.29, 1.82) is 0 Å². The number of Topliss-reactive ketones (excluding diaryl/α,β-unsaturated/α-hetero) is 1. The van der Waals surface area contributed by atoms with Crippen molar-refractivity contribution in [3.05, 3.63) is 64.7 Å². The van der Waals surface area contributed by atoms with E-state index in [1.54, 1.807) is 12.1 Å². The summed E-state index contributed by atoms with van der Waals surface area (Å²) in [6, 6.07) is 12.8. The number of esters is 1. The standard InChI is InChI=1S/C22H25NO4/c1-14-6-5-7-19(12-14)23-22(26)17(4)27-21(25)11-10-20(24)18-9-8-15(2)16(3)13-18/h5-9,12-13,17H,10-11H2,1-4H3,(H,23,26). The number of ketones is 1. The van der Waals surface area contributed by atoms with Gasteiger partial charge in [0.25, 0.3) is 5.91 Å². The third kappa shape index (κ3) is 6.06. The quantitative estimate of drug-likeness (QED) is 0.589. The van der Waals surface area contributed by atoms with Crippen LogP contribution in [-0.4, -0.2) is 23.8 Å². The minimum Gasteiger partial charge on any atom is -0.453 e. The number of aryl methyl sites for hydroxylation is 3. The largest absolute Gasteiger partial charge is 0.453 e. The van der Waals surface area contributed by atoms with Crippen LogP contribution < -0.4 is 5.32 Å². The van der Waals surface area contributed by atoms with Gasteiger partial charge >= 0.3 is 5.97 Å². The van der Waals surface area contributed by atoms with E-state index < -0.39 is 18.0 Å². The lowest BCUT2D eigenvalue weighted by atomic mass is 10.0. The molecule has 142 valence electrons. The molecule has 2 aromatic rings. The van der Waals surface area contributed by atoms with Gasteiger partial charge in [-0.05, 0) is 62.6 Å². The van der Waals surface area contributed by atoms with Crippen molar-refractivity contribution in [3.8, 4) is 0 Å². The predicted molar refractivity (Wildman–Crippen MR) is 105 cm³/mol. The van der Waals surface area contributed by atoms with Gasteiger partial charge in [0.1, 0.15) is 0 Å². The van der Waals surface area contributed by atoms with E-state index in [1.165, 1.54) is 6.92 Å². The summed E-state index contributed by atoms with van der Waals surface area (Å²) in [5.41, 5.74) is 4.38. The number of anilines is 1. The summed E-state index contributed by atoms with van der Waals surface area (Å²) in [7, 11) is 0. The number of carbonyl (C=O) groups excluding carboxylic acids is 3. The molecular formula is C22H25NO4. The average molecular weight is 367 g/mol. The van der Waals surface area contributed by atoms with Crippen molar-refractivity contribution < 1.29 is 19.1 Å². The first-order valence-electron chi connectivity index (χ1n) is 8.93. The smallest absolute Gasteiger partial charge is 0.307 e. The Kier molecular flexibility index (Phi) is 6.88. The highest BCUT2D eigenvalue weighted by atomic mass is 16.5. The molecule has 1 atom stereocenters. The molecular weight excluding hydrogens is 342 g/mol. The molecule has 0 saturated carbocycles. The third-order valence-electron chi connectivity index (χ3n) is 4.35. The highest BCUT2D eigenvalue weighted by Gasteiger charge is 2.19. The molecule has 0 bridgehead atoms. The zero-order valence-electron chi connectivity index (χ0n) is 16.2. The van der Waals surface area contributed by atoms with Gasteiger partial charge in [0.15, 0.2) is 11.9 Å². The molecule has 5 nitrogen and oxygen atoms in total. The van der Waals surface area contributed by atoms with Gasteiger partial charge in [0, 0.05) is 17.7 Å². The van der Waals surface area contributed by atoms with Gasteiger partial charge in [-0.15, -0.1) is 0 Å². The van der Waals surface area contributed by atoms with Crippen LogP contribution in [0.5, 0.6) is 0 Å². The van der Waals surface area contributed by atoms with E-state index in [2.05, 4.69) is 5.32 Å². The van der Waals surface area contributed by atoms with Crippen molar-refractivity contribution >= 4 is 23.3 Å². The molecule has 0 aliphatic heterocycles. The first-order chi connectivity index (χ1) is 12.8. The number of hydrogen-bond donors (Lipinski definition) is 1. The van der Waals surface area contributed by atoms with Crippen LogP contribution >= 0.6 is 0 Å². The lowest BCUT2D eigenvalue weighted by Crippen LogP contribution is -2.30. The number of amides is 1. The van der Waals surface area contributed by atoms with Gasteiger partial charge in [0.2, 0.25) is 0 Å². The molecule has 0 aliphatic rings. The second-order valence-electron chi connectivity index (χ2n) is 6.71. The summed E-state index contributed by atoms with van der Waals surface area (Å²) in [6.45, 7) is 7.35. The van der Waals surface area contributed by atoms with Crippen LogP contribution in [0.2, 0.25) is 0 Å². The topological polar surface area (TPSA) is 72.5 Å². The number of carbonyl (C=O) groups is 3. The van der Waals surface area contributed by atoms with Crippen molar-refractivity contribution in [3.63, 3.8) is 0 Å². The summed E-state index contributed by atoms with van der Waals surface area (Å²) < 4.78 is 5.14. The highest BCUT2D eigenvalue weighted by molar-refractivity contribution is 5.98. The number of nitrogens with one attached hydrogen (secondary N) is 1. The van der Waals surface area contributed by atoms with Gasteiger partial charge in [-0.1, -0.05) is 24.3 Å². The maximum absolute atomic E-state index is 12.2. The number of hydrogen-bond acceptors (Lipinski definition) is 4. The zero-order chi connectivity index (χ0) is 20.0. The molecule has 27 heavy (non-hydrogen) atoms. The van der Waals surface area contributed by atoms with Crippen LogP contribution in [0.25, 0.3) is 0 Å². The summed E-state index contributed by atoms with van der Waals surface area (Å²) in [4.78, 5) is 36.3. The lowest BCUT2D eigenvalue weighted by molar-refractivity contribution is -0.153. The van der Waals surface area contributed by atoms with Gasteiger partial charge in [-0.3, -0.25) is 14.4 Å². The van der Waals surface area contributed by atoms with E-state index in [1.807, 2.05) is 51.1 Å². The minimum absolute atomic E-state index is 0.0492. The van der Waals surface area contributed by atoms with Gasteiger partial charge < -0.3 is 10.1 Å². The Bertz CT molecular complexity index is 857. The van der Waals surface area contributed by atoms with Crippen LogP contribution in [0.3, 0.4) is 0 Å². The summed E-state index contributed by atoms with van der Waals surface area (Å²) in [6.07, 6.45) is -0.948. The monoisotopic (exact) mass is 367 g/mol. The third-order valence-corrected chi connectivity index (χ3v) is 4.35. The molecule has 0 aliphatic carbocycles. The number of ether oxygens (including phenoxy) is 1. The number of rotatable bonds is 7. The summed E-state index contributed by atoms with van der Waals surface area (Å²) in [5, 5.41) is 2.71. The predicted octanol–water partition coefficient (Wildman–Crippen LogP) is 4.15. The molecule has 0 fully saturated rings. The van der Waals surface area contributed by atoms with E-state index in [9.17, 15) is 14.4 Å². The Hall–Kier alpha value is -2.95. The minimum atomic E-state index is -0.935. The van der Waals surface area contributed by atoms with Crippen LogP contribution in [0.4, 0.5) is 5.69 Å².